The smallest absolute Gasteiger partial charge is 0.187 e. The number of anilines is 2. The fourth-order valence-electron chi connectivity index (χ4n) is 3.99. The minimum atomic E-state index is 0.425. The van der Waals surface area contributed by atoms with Gasteiger partial charge < -0.3 is 10.1 Å². The third-order valence-corrected chi connectivity index (χ3v) is 6.34. The molecular weight excluding hydrogens is 408 g/mol. The van der Waals surface area contributed by atoms with Crippen LogP contribution in [0.15, 0.2) is 29.9 Å². The highest BCUT2D eigenvalue weighted by Crippen LogP contribution is 2.30. The molecule has 8 heteroatoms. The van der Waals surface area contributed by atoms with Gasteiger partial charge in [-0.05, 0) is 45.4 Å². The molecule has 1 N–H and O–H groups in total. The van der Waals surface area contributed by atoms with E-state index < -0.39 is 0 Å². The van der Waals surface area contributed by atoms with Crippen molar-refractivity contribution in [1.82, 2.24) is 24.8 Å². The van der Waals surface area contributed by atoms with Gasteiger partial charge in [0.15, 0.2) is 5.13 Å². The van der Waals surface area contributed by atoms with Gasteiger partial charge in [0, 0.05) is 73.0 Å². The van der Waals surface area contributed by atoms with Crippen LogP contribution < -0.4 is 5.32 Å². The molecule has 31 heavy (non-hydrogen) atoms. The summed E-state index contributed by atoms with van der Waals surface area (Å²) in [6.07, 6.45) is 6.98. The summed E-state index contributed by atoms with van der Waals surface area (Å²) in [5.74, 6) is 1.26. The molecule has 3 aromatic heterocycles. The van der Waals surface area contributed by atoms with Crippen molar-refractivity contribution >= 4 is 22.2 Å². The van der Waals surface area contributed by atoms with E-state index in [1.165, 1.54) is 6.42 Å². The van der Waals surface area contributed by atoms with Gasteiger partial charge in [0.1, 0.15) is 5.82 Å². The Morgan fingerprint density at radius 1 is 1.16 bits per heavy atom. The van der Waals surface area contributed by atoms with Gasteiger partial charge in [-0.2, -0.15) is 0 Å². The standard InChI is InChI=1S/C23H30N6OS/c1-16-9-20(28-23-27-17(2)15-31-23)10-21(26-16)19-5-4-7-29(14-19)13-18-11-24-22(25-12-18)6-8-30-3/h9-12,15,19H,4-8,13-14H2,1-3H3,(H,26,27,28). The number of pyridine rings is 1. The molecule has 1 aliphatic heterocycles. The number of piperidine rings is 1. The Morgan fingerprint density at radius 2 is 2.00 bits per heavy atom. The first-order chi connectivity index (χ1) is 15.1. The Labute approximate surface area is 187 Å². The van der Waals surface area contributed by atoms with E-state index in [0.29, 0.717) is 12.5 Å². The van der Waals surface area contributed by atoms with E-state index >= 15 is 0 Å². The van der Waals surface area contributed by atoms with Gasteiger partial charge in [0.25, 0.3) is 0 Å². The SMILES string of the molecule is COCCc1ncc(CN2CCCC(c3cc(Nc4nc(C)cs4)cc(C)n3)C2)cn1. The number of methoxy groups -OCH3 is 1. The average molecular weight is 439 g/mol. The lowest BCUT2D eigenvalue weighted by Gasteiger charge is -2.32. The quantitative estimate of drug-likeness (QED) is 0.563. The number of rotatable bonds is 8. The van der Waals surface area contributed by atoms with Crippen LogP contribution >= 0.6 is 11.3 Å². The molecule has 1 atom stereocenters. The minimum absolute atomic E-state index is 0.425. The molecule has 1 aliphatic rings. The van der Waals surface area contributed by atoms with Gasteiger partial charge in [0.05, 0.1) is 12.3 Å². The topological polar surface area (TPSA) is 76.1 Å². The Bertz CT molecular complexity index is 990. The molecule has 0 amide bonds. The summed E-state index contributed by atoms with van der Waals surface area (Å²) in [6.45, 7) is 7.69. The lowest BCUT2D eigenvalue weighted by atomic mass is 9.93. The molecule has 1 unspecified atom stereocenters. The summed E-state index contributed by atoms with van der Waals surface area (Å²) in [4.78, 5) is 20.8. The van der Waals surface area contributed by atoms with Gasteiger partial charge in [-0.3, -0.25) is 9.88 Å². The Morgan fingerprint density at radius 3 is 2.74 bits per heavy atom. The number of hydrogen-bond donors (Lipinski definition) is 1. The van der Waals surface area contributed by atoms with Gasteiger partial charge in [-0.15, -0.1) is 11.3 Å². The number of ether oxygens (including phenoxy) is 1. The fraction of sp³-hybridized carbons (Fsp3) is 0.478. The summed E-state index contributed by atoms with van der Waals surface area (Å²) >= 11 is 1.63. The summed E-state index contributed by atoms with van der Waals surface area (Å²) in [7, 11) is 1.70. The van der Waals surface area contributed by atoms with Crippen LogP contribution in [0.2, 0.25) is 0 Å². The number of hydrogen-bond acceptors (Lipinski definition) is 8. The van der Waals surface area contributed by atoms with Crippen molar-refractivity contribution in [3.63, 3.8) is 0 Å². The first kappa shape index (κ1) is 21.8. The number of nitrogens with one attached hydrogen (secondary N) is 1. The number of aromatic nitrogens is 4. The predicted octanol–water partition coefficient (Wildman–Crippen LogP) is 4.26. The third kappa shape index (κ3) is 6.06. The Hall–Kier alpha value is -2.42. The lowest BCUT2D eigenvalue weighted by Crippen LogP contribution is -2.34. The molecule has 0 aromatic carbocycles. The largest absolute Gasteiger partial charge is 0.384 e. The molecule has 1 saturated heterocycles. The van der Waals surface area contributed by atoms with E-state index in [2.05, 4.69) is 49.6 Å². The molecule has 1 fully saturated rings. The second-order valence-electron chi connectivity index (χ2n) is 8.17. The van der Waals surface area contributed by atoms with E-state index in [4.69, 9.17) is 9.72 Å². The molecule has 4 rings (SSSR count). The second kappa shape index (κ2) is 10.3. The zero-order valence-electron chi connectivity index (χ0n) is 18.5. The molecule has 0 saturated carbocycles. The number of likely N-dealkylation sites (tertiary alicyclic amines) is 1. The van der Waals surface area contributed by atoms with Crippen LogP contribution in [0.1, 0.15) is 47.2 Å². The molecule has 3 aromatic rings. The number of aryl methyl sites for hydroxylation is 2. The molecule has 0 bridgehead atoms. The summed E-state index contributed by atoms with van der Waals surface area (Å²) in [6, 6.07) is 4.27. The maximum Gasteiger partial charge on any atom is 0.187 e. The summed E-state index contributed by atoms with van der Waals surface area (Å²) < 4.78 is 5.10. The monoisotopic (exact) mass is 438 g/mol. The van der Waals surface area contributed by atoms with Crippen molar-refractivity contribution in [1.29, 1.82) is 0 Å². The first-order valence-corrected chi connectivity index (χ1v) is 11.7. The van der Waals surface area contributed by atoms with E-state index in [0.717, 1.165) is 71.8 Å². The molecular formula is C23H30N6OS. The highest BCUT2D eigenvalue weighted by molar-refractivity contribution is 7.13. The molecule has 0 aliphatic carbocycles. The number of thiazole rings is 1. The zero-order valence-corrected chi connectivity index (χ0v) is 19.3. The highest BCUT2D eigenvalue weighted by Gasteiger charge is 2.23. The lowest BCUT2D eigenvalue weighted by molar-refractivity contribution is 0.197. The summed E-state index contributed by atoms with van der Waals surface area (Å²) in [5.41, 5.74) is 5.45. The van der Waals surface area contributed by atoms with Gasteiger partial charge in [-0.1, -0.05) is 0 Å². The minimum Gasteiger partial charge on any atom is -0.384 e. The number of nitrogens with zero attached hydrogens (tertiary/aromatic N) is 5. The first-order valence-electron chi connectivity index (χ1n) is 10.8. The van der Waals surface area contributed by atoms with Crippen LogP contribution in [-0.2, 0) is 17.7 Å². The van der Waals surface area contributed by atoms with E-state index in [1.54, 1.807) is 18.4 Å². The van der Waals surface area contributed by atoms with Gasteiger partial charge in [0.2, 0.25) is 0 Å². The molecule has 0 radical (unpaired) electrons. The molecule has 7 nitrogen and oxygen atoms in total. The maximum absolute atomic E-state index is 5.10. The van der Waals surface area contributed by atoms with Crippen molar-refractivity contribution in [3.05, 3.63) is 58.4 Å². The van der Waals surface area contributed by atoms with Crippen LogP contribution in [0.5, 0.6) is 0 Å². The van der Waals surface area contributed by atoms with Crippen molar-refractivity contribution < 1.29 is 4.74 Å². The van der Waals surface area contributed by atoms with Crippen LogP contribution in [0.25, 0.3) is 0 Å². The van der Waals surface area contributed by atoms with Gasteiger partial charge in [-0.25, -0.2) is 15.0 Å². The molecule has 4 heterocycles. The maximum atomic E-state index is 5.10. The molecule has 0 spiro atoms. The molecule has 164 valence electrons. The van der Waals surface area contributed by atoms with Gasteiger partial charge >= 0.3 is 0 Å². The Kier molecular flexibility index (Phi) is 7.21. The van der Waals surface area contributed by atoms with Crippen molar-refractivity contribution in [3.8, 4) is 0 Å². The van der Waals surface area contributed by atoms with E-state index in [1.807, 2.05) is 19.3 Å². The highest BCUT2D eigenvalue weighted by atomic mass is 32.1. The zero-order chi connectivity index (χ0) is 21.6. The normalized spacial score (nSPS) is 17.1. The van der Waals surface area contributed by atoms with Crippen LogP contribution in [0, 0.1) is 13.8 Å². The average Bonchev–Trinajstić information content (AvgIpc) is 3.17. The van der Waals surface area contributed by atoms with E-state index in [-0.39, 0.29) is 0 Å². The summed E-state index contributed by atoms with van der Waals surface area (Å²) in [5, 5.41) is 6.43. The second-order valence-corrected chi connectivity index (χ2v) is 9.02. The predicted molar refractivity (Wildman–Crippen MR) is 124 cm³/mol. The van der Waals surface area contributed by atoms with Crippen LogP contribution in [0.4, 0.5) is 10.8 Å². The fourth-order valence-corrected chi connectivity index (χ4v) is 4.70. The third-order valence-electron chi connectivity index (χ3n) is 5.46. The van der Waals surface area contributed by atoms with Crippen molar-refractivity contribution in [2.45, 2.75) is 45.6 Å². The van der Waals surface area contributed by atoms with E-state index in [9.17, 15) is 0 Å². The van der Waals surface area contributed by atoms with Crippen molar-refractivity contribution in [2.75, 3.05) is 32.1 Å². The Balaban J connectivity index is 1.41. The van der Waals surface area contributed by atoms with Crippen LogP contribution in [0.3, 0.4) is 0 Å². The van der Waals surface area contributed by atoms with Crippen LogP contribution in [-0.4, -0.2) is 51.6 Å². The van der Waals surface area contributed by atoms with Crippen molar-refractivity contribution in [2.24, 2.45) is 0 Å².